The molecule has 0 bridgehead atoms. The van der Waals surface area contributed by atoms with Gasteiger partial charge in [-0.15, -0.1) is 0 Å². The summed E-state index contributed by atoms with van der Waals surface area (Å²) < 4.78 is 0. The number of fused-ring (bicyclic) bond motifs is 1. The molecule has 0 amide bonds. The highest BCUT2D eigenvalue weighted by Crippen LogP contribution is 2.28. The fraction of sp³-hybridized carbons (Fsp3) is 0.375. The molecule has 2 N–H and O–H groups in total. The molecule has 1 nitrogen and oxygen atoms in total. The summed E-state index contributed by atoms with van der Waals surface area (Å²) in [5.74, 6) is 0. The van der Waals surface area contributed by atoms with Crippen LogP contribution < -0.4 is 5.73 Å². The van der Waals surface area contributed by atoms with E-state index in [1.165, 1.54) is 21.9 Å². The molecule has 2 aromatic rings. The zero-order chi connectivity index (χ0) is 12.5. The van der Waals surface area contributed by atoms with Crippen LogP contribution in [0, 0.1) is 12.3 Å². The van der Waals surface area contributed by atoms with Gasteiger partial charge in [-0.1, -0.05) is 50.2 Å². The first-order valence-corrected chi connectivity index (χ1v) is 6.21. The number of rotatable bonds is 3. The van der Waals surface area contributed by atoms with Gasteiger partial charge in [0, 0.05) is 0 Å². The van der Waals surface area contributed by atoms with E-state index >= 15 is 0 Å². The van der Waals surface area contributed by atoms with Crippen LogP contribution in [0.4, 0.5) is 0 Å². The third-order valence-corrected chi connectivity index (χ3v) is 3.45. The van der Waals surface area contributed by atoms with Crippen LogP contribution in [0.2, 0.25) is 0 Å². The van der Waals surface area contributed by atoms with Crippen LogP contribution in [0.5, 0.6) is 0 Å². The van der Waals surface area contributed by atoms with Crippen LogP contribution in [0.15, 0.2) is 36.4 Å². The normalized spacial score (nSPS) is 12.0. The number of nitrogens with two attached hydrogens (primary N) is 1. The van der Waals surface area contributed by atoms with Gasteiger partial charge in [0.15, 0.2) is 0 Å². The van der Waals surface area contributed by atoms with E-state index in [1.807, 2.05) is 0 Å². The van der Waals surface area contributed by atoms with E-state index in [4.69, 9.17) is 5.73 Å². The molecule has 0 saturated carbocycles. The minimum absolute atomic E-state index is 0.165. The second kappa shape index (κ2) is 4.50. The standard InChI is InChI=1S/C16H21N/c1-12-8-9-13(10-16(2,3)11-17)15-7-5-4-6-14(12)15/h4-9H,10-11,17H2,1-3H3. The lowest BCUT2D eigenvalue weighted by Crippen LogP contribution is -2.26. The van der Waals surface area contributed by atoms with Gasteiger partial charge in [0.2, 0.25) is 0 Å². The first kappa shape index (κ1) is 12.1. The SMILES string of the molecule is Cc1ccc(CC(C)(C)CN)c2ccccc12. The first-order chi connectivity index (χ1) is 8.03. The van der Waals surface area contributed by atoms with Gasteiger partial charge in [0.1, 0.15) is 0 Å². The van der Waals surface area contributed by atoms with Crippen molar-refractivity contribution in [1.29, 1.82) is 0 Å². The molecule has 0 atom stereocenters. The monoisotopic (exact) mass is 227 g/mol. The topological polar surface area (TPSA) is 26.0 Å². The van der Waals surface area contributed by atoms with Crippen LogP contribution in [0.1, 0.15) is 25.0 Å². The zero-order valence-corrected chi connectivity index (χ0v) is 11.0. The van der Waals surface area contributed by atoms with Crippen LogP contribution >= 0.6 is 0 Å². The van der Waals surface area contributed by atoms with Gasteiger partial charge in [-0.25, -0.2) is 0 Å². The molecule has 1 heteroatoms. The Labute approximate surface area is 104 Å². The summed E-state index contributed by atoms with van der Waals surface area (Å²) in [6, 6.07) is 13.1. The Bertz CT molecular complexity index is 526. The molecule has 0 fully saturated rings. The van der Waals surface area contributed by atoms with E-state index in [2.05, 4.69) is 57.2 Å². The van der Waals surface area contributed by atoms with E-state index < -0.39 is 0 Å². The average molecular weight is 227 g/mol. The molecular formula is C16H21N. The first-order valence-electron chi connectivity index (χ1n) is 6.21. The minimum atomic E-state index is 0.165. The highest BCUT2D eigenvalue weighted by Gasteiger charge is 2.17. The van der Waals surface area contributed by atoms with Gasteiger partial charge in [0.25, 0.3) is 0 Å². The molecule has 0 aromatic heterocycles. The average Bonchev–Trinajstić information content (AvgIpc) is 2.33. The Balaban J connectivity index is 2.52. The summed E-state index contributed by atoms with van der Waals surface area (Å²) in [6.07, 6.45) is 1.03. The molecule has 90 valence electrons. The maximum Gasteiger partial charge on any atom is -0.00226 e. The van der Waals surface area contributed by atoms with Crippen molar-refractivity contribution in [2.45, 2.75) is 27.2 Å². The van der Waals surface area contributed by atoms with E-state index in [-0.39, 0.29) is 5.41 Å². The van der Waals surface area contributed by atoms with Crippen molar-refractivity contribution in [1.82, 2.24) is 0 Å². The van der Waals surface area contributed by atoms with Gasteiger partial charge >= 0.3 is 0 Å². The molecule has 0 heterocycles. The summed E-state index contributed by atoms with van der Waals surface area (Å²) in [5, 5.41) is 2.73. The van der Waals surface area contributed by atoms with E-state index in [9.17, 15) is 0 Å². The number of hydrogen-bond acceptors (Lipinski definition) is 1. The third kappa shape index (κ3) is 2.50. The highest BCUT2D eigenvalue weighted by atomic mass is 14.6. The molecular weight excluding hydrogens is 206 g/mol. The molecule has 0 aliphatic heterocycles. The van der Waals surface area contributed by atoms with E-state index in [0.717, 1.165) is 13.0 Å². The van der Waals surface area contributed by atoms with Crippen molar-refractivity contribution in [2.24, 2.45) is 11.1 Å². The highest BCUT2D eigenvalue weighted by molar-refractivity contribution is 5.88. The number of benzene rings is 2. The Hall–Kier alpha value is -1.34. The molecule has 0 aliphatic rings. The quantitative estimate of drug-likeness (QED) is 0.850. The minimum Gasteiger partial charge on any atom is -0.330 e. The molecule has 2 aromatic carbocycles. The predicted molar refractivity (Wildman–Crippen MR) is 75.2 cm³/mol. The largest absolute Gasteiger partial charge is 0.330 e. The summed E-state index contributed by atoms with van der Waals surface area (Å²) >= 11 is 0. The molecule has 17 heavy (non-hydrogen) atoms. The Kier molecular flexibility index (Phi) is 3.21. The van der Waals surface area contributed by atoms with Crippen molar-refractivity contribution in [3.63, 3.8) is 0 Å². The van der Waals surface area contributed by atoms with Gasteiger partial charge in [-0.2, -0.15) is 0 Å². The maximum absolute atomic E-state index is 5.83. The fourth-order valence-corrected chi connectivity index (χ4v) is 2.25. The summed E-state index contributed by atoms with van der Waals surface area (Å²) in [5.41, 5.74) is 8.74. The van der Waals surface area contributed by atoms with Crippen LogP contribution in [-0.2, 0) is 6.42 Å². The molecule has 0 spiro atoms. The van der Waals surface area contributed by atoms with Crippen molar-refractivity contribution >= 4 is 10.8 Å². The molecule has 0 saturated heterocycles. The van der Waals surface area contributed by atoms with Crippen LogP contribution in [0.25, 0.3) is 10.8 Å². The Morgan fingerprint density at radius 2 is 1.65 bits per heavy atom. The summed E-state index contributed by atoms with van der Waals surface area (Å²) in [6.45, 7) is 7.33. The van der Waals surface area contributed by atoms with E-state index in [0.29, 0.717) is 0 Å². The fourth-order valence-electron chi connectivity index (χ4n) is 2.25. The second-order valence-electron chi connectivity index (χ2n) is 5.63. The number of aryl methyl sites for hydroxylation is 1. The van der Waals surface area contributed by atoms with Gasteiger partial charge < -0.3 is 5.73 Å². The zero-order valence-electron chi connectivity index (χ0n) is 11.0. The van der Waals surface area contributed by atoms with Gasteiger partial charge in [-0.05, 0) is 47.2 Å². The molecule has 0 aliphatic carbocycles. The lowest BCUT2D eigenvalue weighted by atomic mass is 9.84. The predicted octanol–water partition coefficient (Wildman–Crippen LogP) is 3.68. The van der Waals surface area contributed by atoms with Crippen LogP contribution in [0.3, 0.4) is 0 Å². The second-order valence-corrected chi connectivity index (χ2v) is 5.63. The lowest BCUT2D eigenvalue weighted by Gasteiger charge is -2.23. The van der Waals surface area contributed by atoms with Crippen LogP contribution in [-0.4, -0.2) is 6.54 Å². The molecule has 2 rings (SSSR count). The molecule has 0 radical (unpaired) electrons. The number of hydrogen-bond donors (Lipinski definition) is 1. The van der Waals surface area contributed by atoms with Crippen molar-refractivity contribution in [3.8, 4) is 0 Å². The summed E-state index contributed by atoms with van der Waals surface area (Å²) in [4.78, 5) is 0. The smallest absolute Gasteiger partial charge is 0.00226 e. The van der Waals surface area contributed by atoms with Gasteiger partial charge in [-0.3, -0.25) is 0 Å². The van der Waals surface area contributed by atoms with Crippen molar-refractivity contribution < 1.29 is 0 Å². The van der Waals surface area contributed by atoms with Crippen molar-refractivity contribution in [3.05, 3.63) is 47.5 Å². The maximum atomic E-state index is 5.83. The Morgan fingerprint density at radius 1 is 1.00 bits per heavy atom. The van der Waals surface area contributed by atoms with Gasteiger partial charge in [0.05, 0.1) is 0 Å². The van der Waals surface area contributed by atoms with E-state index in [1.54, 1.807) is 0 Å². The molecule has 0 unspecified atom stereocenters. The lowest BCUT2D eigenvalue weighted by molar-refractivity contribution is 0.378. The Morgan fingerprint density at radius 3 is 2.29 bits per heavy atom. The third-order valence-electron chi connectivity index (χ3n) is 3.45. The van der Waals surface area contributed by atoms with Crippen molar-refractivity contribution in [2.75, 3.05) is 6.54 Å². The summed E-state index contributed by atoms with van der Waals surface area (Å²) in [7, 11) is 0.